The number of nitrogens with zero attached hydrogens (tertiary/aromatic N) is 1. The van der Waals surface area contributed by atoms with E-state index in [1.807, 2.05) is 0 Å². The Hall–Kier alpha value is -1.38. The number of carbonyl (C=O) groups excluding carboxylic acids is 1. The van der Waals surface area contributed by atoms with Crippen LogP contribution in [0.2, 0.25) is 0 Å². The first-order valence-corrected chi connectivity index (χ1v) is 11.0. The molecule has 1 aromatic rings. The molecule has 4 atom stereocenters. The molecule has 3 aliphatic carbocycles. The molecule has 8 heteroatoms. The van der Waals surface area contributed by atoms with Gasteiger partial charge in [-0.2, -0.15) is 4.31 Å². The van der Waals surface area contributed by atoms with E-state index in [2.05, 4.69) is 20.8 Å². The minimum atomic E-state index is -3.76. The van der Waals surface area contributed by atoms with Gasteiger partial charge in [0.2, 0.25) is 10.9 Å². The summed E-state index contributed by atoms with van der Waals surface area (Å²) in [6, 6.07) is 2.71. The highest BCUT2D eigenvalue weighted by molar-refractivity contribution is 7.89. The molecule has 4 aliphatic rings. The third-order valence-electron chi connectivity index (χ3n) is 6.89. The monoisotopic (exact) mass is 397 g/mol. The lowest BCUT2D eigenvalue weighted by Crippen LogP contribution is -2.57. The number of morpholine rings is 1. The third kappa shape index (κ3) is 3.11. The second-order valence-corrected chi connectivity index (χ2v) is 10.4. The van der Waals surface area contributed by atoms with Crippen LogP contribution < -0.4 is 0 Å². The summed E-state index contributed by atoms with van der Waals surface area (Å²) in [5.74, 6) is 0.774. The highest BCUT2D eigenvalue weighted by atomic mass is 32.2. The largest absolute Gasteiger partial charge is 0.456 e. The summed E-state index contributed by atoms with van der Waals surface area (Å²) in [6.07, 6.45) is 1.92. The number of hydrogen-bond donors (Lipinski definition) is 0. The van der Waals surface area contributed by atoms with Crippen LogP contribution in [0.5, 0.6) is 0 Å². The van der Waals surface area contributed by atoms with E-state index in [4.69, 9.17) is 13.9 Å². The van der Waals surface area contributed by atoms with Gasteiger partial charge in [0, 0.05) is 13.1 Å². The Labute approximate surface area is 160 Å². The standard InChI is InChI=1S/C19H27NO6S/c1-12-14-10-13(19(14,2)3)11-16(12)26-18(21)15-4-5-17(25-15)27(22,23)20-6-8-24-9-7-20/h4-5,12-14,16H,6-11H2,1-3H3/t12-,13+,14-,16-/m0/s1. The van der Waals surface area contributed by atoms with E-state index in [0.29, 0.717) is 36.4 Å². The zero-order chi connectivity index (χ0) is 19.4. The number of carbonyl (C=O) groups is 1. The van der Waals surface area contributed by atoms with Crippen molar-refractivity contribution in [2.45, 2.75) is 44.8 Å². The van der Waals surface area contributed by atoms with Crippen LogP contribution in [0, 0.1) is 23.2 Å². The molecule has 7 nitrogen and oxygen atoms in total. The minimum Gasteiger partial charge on any atom is -0.456 e. The molecule has 0 N–H and O–H groups in total. The predicted octanol–water partition coefficient (Wildman–Crippen LogP) is 2.53. The fourth-order valence-electron chi connectivity index (χ4n) is 4.94. The van der Waals surface area contributed by atoms with Crippen LogP contribution in [0.3, 0.4) is 0 Å². The van der Waals surface area contributed by atoms with Crippen molar-refractivity contribution in [3.05, 3.63) is 17.9 Å². The third-order valence-corrected chi connectivity index (χ3v) is 8.66. The van der Waals surface area contributed by atoms with Crippen molar-refractivity contribution in [3.8, 4) is 0 Å². The van der Waals surface area contributed by atoms with Gasteiger partial charge < -0.3 is 13.9 Å². The first kappa shape index (κ1) is 19.0. The molecule has 0 radical (unpaired) electrons. The maximum absolute atomic E-state index is 12.6. The van der Waals surface area contributed by atoms with Gasteiger partial charge in [0.1, 0.15) is 6.10 Å². The Morgan fingerprint density at radius 2 is 1.93 bits per heavy atom. The summed E-state index contributed by atoms with van der Waals surface area (Å²) in [5, 5.41) is -0.225. The number of esters is 1. The van der Waals surface area contributed by atoms with Crippen LogP contribution >= 0.6 is 0 Å². The predicted molar refractivity (Wildman–Crippen MR) is 96.6 cm³/mol. The molecular weight excluding hydrogens is 370 g/mol. The van der Waals surface area contributed by atoms with Gasteiger partial charge in [0.15, 0.2) is 0 Å². The smallest absolute Gasteiger partial charge is 0.374 e. The Morgan fingerprint density at radius 1 is 1.22 bits per heavy atom. The van der Waals surface area contributed by atoms with Gasteiger partial charge in [-0.25, -0.2) is 13.2 Å². The van der Waals surface area contributed by atoms with Gasteiger partial charge in [0.05, 0.1) is 13.2 Å². The minimum absolute atomic E-state index is 0.0625. The Kier molecular flexibility index (Phi) is 4.63. The van der Waals surface area contributed by atoms with E-state index >= 15 is 0 Å². The Balaban J connectivity index is 1.44. The van der Waals surface area contributed by atoms with E-state index in [0.717, 1.165) is 6.42 Å². The van der Waals surface area contributed by atoms with Crippen molar-refractivity contribution in [1.82, 2.24) is 4.31 Å². The lowest BCUT2D eigenvalue weighted by atomic mass is 9.45. The maximum Gasteiger partial charge on any atom is 0.374 e. The van der Waals surface area contributed by atoms with Crippen LogP contribution in [0.4, 0.5) is 0 Å². The van der Waals surface area contributed by atoms with Crippen molar-refractivity contribution in [1.29, 1.82) is 0 Å². The molecule has 0 aromatic carbocycles. The van der Waals surface area contributed by atoms with Crippen molar-refractivity contribution in [2.24, 2.45) is 23.2 Å². The molecular formula is C19H27NO6S. The van der Waals surface area contributed by atoms with E-state index in [-0.39, 0.29) is 30.0 Å². The fraction of sp³-hybridized carbons (Fsp3) is 0.737. The van der Waals surface area contributed by atoms with Gasteiger partial charge in [-0.3, -0.25) is 0 Å². The van der Waals surface area contributed by atoms with Crippen LogP contribution in [-0.4, -0.2) is 51.1 Å². The summed E-state index contributed by atoms with van der Waals surface area (Å²) in [4.78, 5) is 12.5. The number of hydrogen-bond acceptors (Lipinski definition) is 6. The van der Waals surface area contributed by atoms with E-state index in [1.165, 1.54) is 22.9 Å². The maximum atomic E-state index is 12.6. The van der Waals surface area contributed by atoms with Crippen LogP contribution in [0.1, 0.15) is 44.2 Å². The Bertz CT molecular complexity index is 823. The molecule has 2 heterocycles. The van der Waals surface area contributed by atoms with Gasteiger partial charge in [-0.1, -0.05) is 20.8 Å². The zero-order valence-electron chi connectivity index (χ0n) is 16.0. The van der Waals surface area contributed by atoms with E-state index < -0.39 is 16.0 Å². The molecule has 5 rings (SSSR count). The molecule has 1 aromatic heterocycles. The quantitative estimate of drug-likeness (QED) is 0.726. The molecule has 0 spiro atoms. The zero-order valence-corrected chi connectivity index (χ0v) is 16.8. The van der Waals surface area contributed by atoms with Crippen molar-refractivity contribution < 1.29 is 27.1 Å². The Morgan fingerprint density at radius 3 is 2.56 bits per heavy atom. The summed E-state index contributed by atoms with van der Waals surface area (Å²) >= 11 is 0. The van der Waals surface area contributed by atoms with Crippen LogP contribution in [0.25, 0.3) is 0 Å². The molecule has 2 bridgehead atoms. The van der Waals surface area contributed by atoms with Gasteiger partial charge in [-0.15, -0.1) is 0 Å². The lowest BCUT2D eigenvalue weighted by molar-refractivity contribution is -0.157. The van der Waals surface area contributed by atoms with Gasteiger partial charge in [-0.05, 0) is 48.1 Å². The number of fused-ring (bicyclic) bond motifs is 2. The number of furan rings is 1. The van der Waals surface area contributed by atoms with Gasteiger partial charge >= 0.3 is 5.97 Å². The summed E-state index contributed by atoms with van der Waals surface area (Å²) in [7, 11) is -3.76. The second-order valence-electron chi connectivity index (χ2n) is 8.53. The molecule has 0 unspecified atom stereocenters. The highest BCUT2D eigenvalue weighted by Gasteiger charge is 2.57. The summed E-state index contributed by atoms with van der Waals surface area (Å²) in [6.45, 7) is 7.98. The summed E-state index contributed by atoms with van der Waals surface area (Å²) in [5.41, 5.74) is 0.312. The van der Waals surface area contributed by atoms with Gasteiger partial charge in [0.25, 0.3) is 10.0 Å². The number of rotatable bonds is 4. The molecule has 4 fully saturated rings. The van der Waals surface area contributed by atoms with Crippen molar-refractivity contribution in [3.63, 3.8) is 0 Å². The normalized spacial score (nSPS) is 33.3. The molecule has 1 aliphatic heterocycles. The van der Waals surface area contributed by atoms with Crippen LogP contribution in [0.15, 0.2) is 21.6 Å². The van der Waals surface area contributed by atoms with Crippen LogP contribution in [-0.2, 0) is 19.5 Å². The average Bonchev–Trinajstić information content (AvgIpc) is 3.14. The highest BCUT2D eigenvalue weighted by Crippen LogP contribution is 2.61. The molecule has 1 saturated heterocycles. The lowest BCUT2D eigenvalue weighted by Gasteiger charge is -2.61. The number of sulfonamides is 1. The summed E-state index contributed by atoms with van der Waals surface area (Å²) < 4.78 is 42.8. The van der Waals surface area contributed by atoms with E-state index in [9.17, 15) is 13.2 Å². The molecule has 0 amide bonds. The fourth-order valence-corrected chi connectivity index (χ4v) is 6.26. The SMILES string of the molecule is C[C@@H]1[C@@H](OC(=O)c2ccc(S(=O)(=O)N3CCOCC3)o2)C[C@H]2C[C@@H]1C2(C)C. The van der Waals surface area contributed by atoms with Crippen molar-refractivity contribution >= 4 is 16.0 Å². The topological polar surface area (TPSA) is 86.1 Å². The molecule has 3 saturated carbocycles. The number of ether oxygens (including phenoxy) is 2. The molecule has 150 valence electrons. The van der Waals surface area contributed by atoms with Crippen molar-refractivity contribution in [2.75, 3.05) is 26.3 Å². The molecule has 27 heavy (non-hydrogen) atoms. The second kappa shape index (κ2) is 6.60. The first-order valence-electron chi connectivity index (χ1n) is 9.60. The first-order chi connectivity index (χ1) is 12.7. The van der Waals surface area contributed by atoms with E-state index in [1.54, 1.807) is 0 Å². The average molecular weight is 397 g/mol.